The van der Waals surface area contributed by atoms with Crippen LogP contribution in [-0.4, -0.2) is 40.8 Å². The van der Waals surface area contributed by atoms with E-state index in [0.717, 1.165) is 17.6 Å². The number of aliphatic imine (C=N–C) groups is 1. The first-order valence-corrected chi connectivity index (χ1v) is 11.9. The van der Waals surface area contributed by atoms with Crippen LogP contribution in [0.4, 0.5) is 4.39 Å². The lowest BCUT2D eigenvalue weighted by molar-refractivity contribution is 0.317. The molecule has 0 radical (unpaired) electrons. The number of nitrogens with zero attached hydrogens (tertiary/aromatic N) is 1. The summed E-state index contributed by atoms with van der Waals surface area (Å²) in [6, 6.07) is 12.1. The van der Waals surface area contributed by atoms with Crippen molar-refractivity contribution in [1.82, 2.24) is 10.6 Å². The molecular formula is C22H31FIN3O3S. The SMILES string of the molecule is CN=C(NCCOc1ccccc1C(C)C)NCc1cc(F)ccc1CS(C)(=O)=O.I. The lowest BCUT2D eigenvalue weighted by Crippen LogP contribution is -2.39. The number of benzene rings is 2. The quantitative estimate of drug-likeness (QED) is 0.210. The molecule has 172 valence electrons. The van der Waals surface area contributed by atoms with Crippen LogP contribution in [0.15, 0.2) is 47.5 Å². The van der Waals surface area contributed by atoms with Gasteiger partial charge >= 0.3 is 0 Å². The summed E-state index contributed by atoms with van der Waals surface area (Å²) in [7, 11) is -1.59. The number of halogens is 2. The van der Waals surface area contributed by atoms with E-state index in [9.17, 15) is 12.8 Å². The maximum atomic E-state index is 13.6. The molecule has 31 heavy (non-hydrogen) atoms. The Labute approximate surface area is 201 Å². The second-order valence-corrected chi connectivity index (χ2v) is 9.52. The highest BCUT2D eigenvalue weighted by molar-refractivity contribution is 14.0. The normalized spacial score (nSPS) is 11.7. The number of para-hydroxylation sites is 1. The van der Waals surface area contributed by atoms with Crippen molar-refractivity contribution in [2.45, 2.75) is 32.1 Å². The van der Waals surface area contributed by atoms with Crippen LogP contribution in [0.3, 0.4) is 0 Å². The minimum atomic E-state index is -3.22. The summed E-state index contributed by atoms with van der Waals surface area (Å²) in [5, 5.41) is 6.23. The van der Waals surface area contributed by atoms with Crippen molar-refractivity contribution in [2.24, 2.45) is 4.99 Å². The molecule has 2 aromatic carbocycles. The molecule has 0 bridgehead atoms. The van der Waals surface area contributed by atoms with E-state index < -0.39 is 15.7 Å². The Kier molecular flexibility index (Phi) is 11.3. The van der Waals surface area contributed by atoms with E-state index >= 15 is 0 Å². The first kappa shape index (κ1) is 27.2. The second kappa shape index (κ2) is 12.8. The number of rotatable bonds is 9. The van der Waals surface area contributed by atoms with Crippen LogP contribution in [0, 0.1) is 5.82 Å². The molecule has 0 saturated heterocycles. The monoisotopic (exact) mass is 563 g/mol. The topological polar surface area (TPSA) is 79.8 Å². The van der Waals surface area contributed by atoms with Crippen LogP contribution < -0.4 is 15.4 Å². The van der Waals surface area contributed by atoms with Gasteiger partial charge in [0.25, 0.3) is 0 Å². The molecule has 0 saturated carbocycles. The average Bonchev–Trinajstić information content (AvgIpc) is 2.68. The summed E-state index contributed by atoms with van der Waals surface area (Å²) in [4.78, 5) is 4.15. The molecule has 0 unspecified atom stereocenters. The van der Waals surface area contributed by atoms with E-state index in [-0.39, 0.29) is 36.3 Å². The maximum Gasteiger partial charge on any atom is 0.191 e. The average molecular weight is 563 g/mol. The van der Waals surface area contributed by atoms with Gasteiger partial charge in [-0.3, -0.25) is 4.99 Å². The van der Waals surface area contributed by atoms with Gasteiger partial charge in [-0.2, -0.15) is 0 Å². The number of nitrogens with one attached hydrogen (secondary N) is 2. The van der Waals surface area contributed by atoms with Crippen LogP contribution in [-0.2, 0) is 22.1 Å². The maximum absolute atomic E-state index is 13.6. The third-order valence-electron chi connectivity index (χ3n) is 4.45. The molecule has 0 heterocycles. The van der Waals surface area contributed by atoms with Gasteiger partial charge in [0.05, 0.1) is 12.3 Å². The number of sulfone groups is 1. The number of ether oxygens (including phenoxy) is 1. The molecule has 2 rings (SSSR count). The minimum Gasteiger partial charge on any atom is -0.491 e. The van der Waals surface area contributed by atoms with Gasteiger partial charge < -0.3 is 15.4 Å². The summed E-state index contributed by atoms with van der Waals surface area (Å²) in [5.41, 5.74) is 2.30. The first-order valence-electron chi connectivity index (χ1n) is 9.81. The molecule has 0 aliphatic heterocycles. The molecule has 0 aliphatic rings. The van der Waals surface area contributed by atoms with Crippen molar-refractivity contribution < 1.29 is 17.5 Å². The van der Waals surface area contributed by atoms with Gasteiger partial charge in [-0.1, -0.05) is 38.1 Å². The predicted octanol–water partition coefficient (Wildman–Crippen LogP) is 3.86. The number of hydrogen-bond acceptors (Lipinski definition) is 4. The van der Waals surface area contributed by atoms with Crippen LogP contribution in [0.5, 0.6) is 5.75 Å². The third kappa shape index (κ3) is 9.42. The van der Waals surface area contributed by atoms with Crippen LogP contribution >= 0.6 is 24.0 Å². The number of hydrogen-bond donors (Lipinski definition) is 2. The highest BCUT2D eigenvalue weighted by Gasteiger charge is 2.11. The zero-order valence-electron chi connectivity index (χ0n) is 18.3. The Morgan fingerprint density at radius 1 is 1.13 bits per heavy atom. The molecule has 0 aliphatic carbocycles. The van der Waals surface area contributed by atoms with Crippen molar-refractivity contribution in [3.05, 3.63) is 65.0 Å². The van der Waals surface area contributed by atoms with E-state index in [4.69, 9.17) is 4.74 Å². The van der Waals surface area contributed by atoms with E-state index in [1.165, 1.54) is 18.2 Å². The standard InChI is InChI=1S/C22H30FN3O3S.HI/c1-16(2)20-7-5-6-8-21(20)29-12-11-25-22(24-3)26-14-18-13-19(23)10-9-17(18)15-30(4,27)28;/h5-10,13,16H,11-12,14-15H2,1-4H3,(H2,24,25,26);1H. The lowest BCUT2D eigenvalue weighted by atomic mass is 10.0. The van der Waals surface area contributed by atoms with Crippen molar-refractivity contribution in [1.29, 1.82) is 0 Å². The Morgan fingerprint density at radius 3 is 2.48 bits per heavy atom. The van der Waals surface area contributed by atoms with Gasteiger partial charge in [0.15, 0.2) is 15.8 Å². The molecule has 0 aromatic heterocycles. The Morgan fingerprint density at radius 2 is 1.84 bits per heavy atom. The molecule has 0 fully saturated rings. The van der Waals surface area contributed by atoms with Gasteiger partial charge in [-0.05, 0) is 40.8 Å². The Hall–Kier alpha value is -1.88. The molecule has 9 heteroatoms. The van der Waals surface area contributed by atoms with Crippen molar-refractivity contribution in [2.75, 3.05) is 26.5 Å². The summed E-state index contributed by atoms with van der Waals surface area (Å²) in [5.74, 6) is 1.20. The summed E-state index contributed by atoms with van der Waals surface area (Å²) < 4.78 is 42.8. The summed E-state index contributed by atoms with van der Waals surface area (Å²) in [6.45, 7) is 5.46. The Bertz CT molecular complexity index is 982. The Balaban J connectivity index is 0.00000480. The second-order valence-electron chi connectivity index (χ2n) is 7.38. The minimum absolute atomic E-state index is 0. The summed E-state index contributed by atoms with van der Waals surface area (Å²) in [6.07, 6.45) is 1.16. The van der Waals surface area contributed by atoms with Crippen molar-refractivity contribution in [3.63, 3.8) is 0 Å². The zero-order valence-corrected chi connectivity index (χ0v) is 21.5. The van der Waals surface area contributed by atoms with Gasteiger partial charge in [0.2, 0.25) is 0 Å². The molecule has 2 aromatic rings. The highest BCUT2D eigenvalue weighted by Crippen LogP contribution is 2.25. The lowest BCUT2D eigenvalue weighted by Gasteiger charge is -2.16. The van der Waals surface area contributed by atoms with Crippen LogP contribution in [0.25, 0.3) is 0 Å². The third-order valence-corrected chi connectivity index (χ3v) is 5.28. The molecule has 0 spiro atoms. The van der Waals surface area contributed by atoms with Crippen LogP contribution in [0.2, 0.25) is 0 Å². The molecule has 2 N–H and O–H groups in total. The summed E-state index contributed by atoms with van der Waals surface area (Å²) >= 11 is 0. The van der Waals surface area contributed by atoms with E-state index in [1.54, 1.807) is 7.05 Å². The number of guanidine groups is 1. The predicted molar refractivity (Wildman–Crippen MR) is 135 cm³/mol. The molecular weight excluding hydrogens is 532 g/mol. The van der Waals surface area contributed by atoms with Gasteiger partial charge in [0, 0.05) is 19.8 Å². The fraction of sp³-hybridized carbons (Fsp3) is 0.409. The first-order chi connectivity index (χ1) is 14.2. The van der Waals surface area contributed by atoms with E-state index in [0.29, 0.717) is 36.2 Å². The molecule has 6 nitrogen and oxygen atoms in total. The fourth-order valence-electron chi connectivity index (χ4n) is 3.00. The van der Waals surface area contributed by atoms with Gasteiger partial charge in [-0.25, -0.2) is 12.8 Å². The van der Waals surface area contributed by atoms with Gasteiger partial charge in [0.1, 0.15) is 18.2 Å². The molecule has 0 atom stereocenters. The van der Waals surface area contributed by atoms with Gasteiger partial charge in [-0.15, -0.1) is 24.0 Å². The van der Waals surface area contributed by atoms with E-state index in [1.807, 2.05) is 18.2 Å². The van der Waals surface area contributed by atoms with Crippen molar-refractivity contribution in [3.8, 4) is 5.75 Å². The largest absolute Gasteiger partial charge is 0.491 e. The zero-order chi connectivity index (χ0) is 22.1. The molecule has 0 amide bonds. The highest BCUT2D eigenvalue weighted by atomic mass is 127. The van der Waals surface area contributed by atoms with Crippen molar-refractivity contribution >= 4 is 39.8 Å². The van der Waals surface area contributed by atoms with E-state index in [2.05, 4.69) is 35.5 Å². The fourth-order valence-corrected chi connectivity index (χ4v) is 3.85. The van der Waals surface area contributed by atoms with Crippen LogP contribution in [0.1, 0.15) is 36.5 Å². The smallest absolute Gasteiger partial charge is 0.191 e.